The number of carbonyl (C=O) groups excluding carboxylic acids is 1. The van der Waals surface area contributed by atoms with Crippen molar-refractivity contribution in [2.75, 3.05) is 19.5 Å². The number of rotatable bonds is 6. The summed E-state index contributed by atoms with van der Waals surface area (Å²) in [5, 5.41) is 5.01. The number of amides is 1. The predicted octanol–water partition coefficient (Wildman–Crippen LogP) is 3.64. The fourth-order valence-electron chi connectivity index (χ4n) is 3.55. The zero-order valence-electron chi connectivity index (χ0n) is 16.9. The van der Waals surface area contributed by atoms with Crippen LogP contribution in [0.1, 0.15) is 12.5 Å². The monoisotopic (exact) mass is 389 g/mol. The Balaban J connectivity index is 1.57. The van der Waals surface area contributed by atoms with E-state index < -0.39 is 0 Å². The normalized spacial score (nSPS) is 13.3. The number of carbonyl (C=O) groups is 1. The van der Waals surface area contributed by atoms with E-state index in [2.05, 4.69) is 17.4 Å². The molecule has 0 bridgehead atoms. The molecular formula is C24H25N2O3+. The molecule has 0 aliphatic rings. The van der Waals surface area contributed by atoms with Crippen LogP contribution < -0.4 is 15.0 Å². The van der Waals surface area contributed by atoms with E-state index in [1.165, 1.54) is 5.56 Å². The van der Waals surface area contributed by atoms with E-state index >= 15 is 0 Å². The Morgan fingerprint density at radius 3 is 2.52 bits per heavy atom. The average Bonchev–Trinajstić information content (AvgIpc) is 3.10. The molecule has 0 aliphatic carbocycles. The number of anilines is 1. The van der Waals surface area contributed by atoms with Crippen LogP contribution in [0.5, 0.6) is 5.75 Å². The minimum Gasteiger partial charge on any atom is -0.495 e. The van der Waals surface area contributed by atoms with Crippen molar-refractivity contribution in [2.45, 2.75) is 19.5 Å². The number of quaternary nitrogens is 1. The summed E-state index contributed by atoms with van der Waals surface area (Å²) in [6, 6.07) is 21.6. The minimum atomic E-state index is -0.230. The maximum atomic E-state index is 12.9. The lowest BCUT2D eigenvalue weighted by molar-refractivity contribution is -0.907. The van der Waals surface area contributed by atoms with Crippen LogP contribution in [0, 0.1) is 0 Å². The summed E-state index contributed by atoms with van der Waals surface area (Å²) in [5.41, 5.74) is 3.35. The third-order valence-corrected chi connectivity index (χ3v) is 5.41. The second-order valence-electron chi connectivity index (χ2n) is 7.37. The summed E-state index contributed by atoms with van der Waals surface area (Å²) in [6.07, 6.45) is 0. The quantitative estimate of drug-likeness (QED) is 0.529. The van der Waals surface area contributed by atoms with Gasteiger partial charge >= 0.3 is 0 Å². The van der Waals surface area contributed by atoms with Crippen LogP contribution in [0.2, 0.25) is 0 Å². The smallest absolute Gasteiger partial charge is 0.282 e. The van der Waals surface area contributed by atoms with Gasteiger partial charge in [-0.25, -0.2) is 0 Å². The molecule has 0 radical (unpaired) electrons. The van der Waals surface area contributed by atoms with Crippen molar-refractivity contribution < 1.29 is 18.8 Å². The Morgan fingerprint density at radius 1 is 1.03 bits per heavy atom. The van der Waals surface area contributed by atoms with Crippen molar-refractivity contribution in [1.82, 2.24) is 0 Å². The fourth-order valence-corrected chi connectivity index (χ4v) is 3.55. The van der Waals surface area contributed by atoms with E-state index in [1.54, 1.807) is 7.11 Å². The average molecular weight is 389 g/mol. The van der Waals surface area contributed by atoms with Gasteiger partial charge in [-0.1, -0.05) is 48.5 Å². The number of likely N-dealkylation sites (N-methyl/N-ethyl adjacent to an activating group) is 1. The summed E-state index contributed by atoms with van der Waals surface area (Å²) in [6.45, 7) is 2.70. The molecule has 4 rings (SSSR count). The highest BCUT2D eigenvalue weighted by Gasteiger charge is 2.23. The van der Waals surface area contributed by atoms with Gasteiger partial charge in [0.2, 0.25) is 0 Å². The van der Waals surface area contributed by atoms with Gasteiger partial charge in [-0.05, 0) is 19.1 Å². The molecule has 5 nitrogen and oxygen atoms in total. The van der Waals surface area contributed by atoms with Crippen LogP contribution in [0.4, 0.5) is 5.69 Å². The molecule has 1 unspecified atom stereocenters. The van der Waals surface area contributed by atoms with Crippen molar-refractivity contribution in [2.24, 2.45) is 0 Å². The van der Waals surface area contributed by atoms with Crippen molar-refractivity contribution in [3.05, 3.63) is 72.3 Å². The topological polar surface area (TPSA) is 55.9 Å². The number of hydrogen-bond acceptors (Lipinski definition) is 3. The molecule has 2 atom stereocenters. The summed E-state index contributed by atoms with van der Waals surface area (Å²) < 4.78 is 11.5. The molecule has 2 N–H and O–H groups in total. The standard InChI is InChI=1S/C24H24N2O3/c1-16(26(2)15-17-9-5-4-6-10-17)24(27)25-20-14-22-19(13-23(20)28-3)18-11-7-8-12-21(18)29-22/h4-14,16H,15H2,1-3H3,(H,25,27)/p+1/t16-/m1/s1. The molecule has 0 spiro atoms. The molecule has 3 aromatic carbocycles. The third-order valence-electron chi connectivity index (χ3n) is 5.41. The molecular weight excluding hydrogens is 364 g/mol. The highest BCUT2D eigenvalue weighted by atomic mass is 16.5. The Kier molecular flexibility index (Phi) is 5.23. The van der Waals surface area contributed by atoms with Crippen molar-refractivity contribution >= 4 is 33.5 Å². The van der Waals surface area contributed by atoms with Crippen LogP contribution >= 0.6 is 0 Å². The first-order chi connectivity index (χ1) is 14.1. The van der Waals surface area contributed by atoms with E-state index in [1.807, 2.05) is 68.6 Å². The van der Waals surface area contributed by atoms with Gasteiger partial charge < -0.3 is 19.4 Å². The number of ether oxygens (including phenoxy) is 1. The van der Waals surface area contributed by atoms with Gasteiger partial charge in [-0.3, -0.25) is 4.79 Å². The SMILES string of the molecule is COc1cc2c(cc1NC(=O)[C@@H](C)[NH+](C)Cc1ccccc1)oc1ccccc12. The van der Waals surface area contributed by atoms with Crippen LogP contribution in [0.25, 0.3) is 21.9 Å². The van der Waals surface area contributed by atoms with Gasteiger partial charge in [-0.2, -0.15) is 0 Å². The third kappa shape index (κ3) is 3.82. The molecule has 0 saturated carbocycles. The lowest BCUT2D eigenvalue weighted by atomic mass is 10.1. The van der Waals surface area contributed by atoms with Gasteiger partial charge in [-0.15, -0.1) is 0 Å². The molecule has 1 heterocycles. The Bertz CT molecular complexity index is 1150. The number of furan rings is 1. The lowest BCUT2D eigenvalue weighted by Crippen LogP contribution is -3.12. The fraction of sp³-hybridized carbons (Fsp3) is 0.208. The van der Waals surface area contributed by atoms with Gasteiger partial charge in [0.25, 0.3) is 5.91 Å². The first-order valence-electron chi connectivity index (χ1n) is 9.73. The summed E-state index contributed by atoms with van der Waals surface area (Å²) in [5.74, 6) is 0.553. The van der Waals surface area contributed by atoms with Gasteiger partial charge in [0.05, 0.1) is 19.8 Å². The van der Waals surface area contributed by atoms with Crippen LogP contribution in [0.15, 0.2) is 71.1 Å². The number of fused-ring (bicyclic) bond motifs is 3. The van der Waals surface area contributed by atoms with Gasteiger partial charge in [0.1, 0.15) is 23.5 Å². The Hall–Kier alpha value is -3.31. The van der Waals surface area contributed by atoms with E-state index in [0.29, 0.717) is 11.4 Å². The maximum absolute atomic E-state index is 12.9. The van der Waals surface area contributed by atoms with E-state index in [0.717, 1.165) is 33.4 Å². The summed E-state index contributed by atoms with van der Waals surface area (Å²) in [4.78, 5) is 14.0. The van der Waals surface area contributed by atoms with Crippen molar-refractivity contribution in [1.29, 1.82) is 0 Å². The summed E-state index contributed by atoms with van der Waals surface area (Å²) >= 11 is 0. The number of para-hydroxylation sites is 1. The van der Waals surface area contributed by atoms with Crippen LogP contribution in [-0.4, -0.2) is 26.1 Å². The molecule has 1 amide bonds. The van der Waals surface area contributed by atoms with Crippen LogP contribution in [0.3, 0.4) is 0 Å². The molecule has 0 fully saturated rings. The Morgan fingerprint density at radius 2 is 1.76 bits per heavy atom. The predicted molar refractivity (Wildman–Crippen MR) is 115 cm³/mol. The molecule has 29 heavy (non-hydrogen) atoms. The van der Waals surface area contributed by atoms with Crippen molar-refractivity contribution in [3.63, 3.8) is 0 Å². The minimum absolute atomic E-state index is 0.0628. The first-order valence-corrected chi connectivity index (χ1v) is 9.73. The molecule has 0 aliphatic heterocycles. The highest BCUT2D eigenvalue weighted by Crippen LogP contribution is 2.36. The van der Waals surface area contributed by atoms with Crippen LogP contribution in [-0.2, 0) is 11.3 Å². The van der Waals surface area contributed by atoms with E-state index in [9.17, 15) is 4.79 Å². The molecule has 148 valence electrons. The Labute approximate surface area is 169 Å². The number of nitrogens with one attached hydrogen (secondary N) is 2. The second kappa shape index (κ2) is 7.97. The zero-order valence-corrected chi connectivity index (χ0v) is 16.9. The molecule has 4 aromatic rings. The molecule has 0 saturated heterocycles. The number of methoxy groups -OCH3 is 1. The lowest BCUT2D eigenvalue weighted by Gasteiger charge is -2.21. The highest BCUT2D eigenvalue weighted by molar-refractivity contribution is 6.08. The van der Waals surface area contributed by atoms with E-state index in [4.69, 9.17) is 9.15 Å². The molecule has 5 heteroatoms. The number of hydrogen-bond donors (Lipinski definition) is 2. The van der Waals surface area contributed by atoms with Gasteiger partial charge in [0.15, 0.2) is 6.04 Å². The summed E-state index contributed by atoms with van der Waals surface area (Å²) in [7, 11) is 3.63. The second-order valence-corrected chi connectivity index (χ2v) is 7.37. The van der Waals surface area contributed by atoms with Gasteiger partial charge in [0, 0.05) is 22.4 Å². The first kappa shape index (κ1) is 19.0. The van der Waals surface area contributed by atoms with Crippen molar-refractivity contribution in [3.8, 4) is 5.75 Å². The largest absolute Gasteiger partial charge is 0.495 e. The zero-order chi connectivity index (χ0) is 20.4. The number of benzene rings is 3. The van der Waals surface area contributed by atoms with E-state index in [-0.39, 0.29) is 11.9 Å². The molecule has 1 aromatic heterocycles. The maximum Gasteiger partial charge on any atom is 0.282 e.